The van der Waals surface area contributed by atoms with E-state index >= 15 is 0 Å². The summed E-state index contributed by atoms with van der Waals surface area (Å²) in [5, 5.41) is 11.7. The third-order valence-electron chi connectivity index (χ3n) is 3.41. The molecule has 2 aromatic rings. The van der Waals surface area contributed by atoms with Gasteiger partial charge in [-0.1, -0.05) is 48.5 Å². The van der Waals surface area contributed by atoms with E-state index in [0.29, 0.717) is 18.5 Å². The summed E-state index contributed by atoms with van der Waals surface area (Å²) in [6.07, 6.45) is 1.15. The van der Waals surface area contributed by atoms with Crippen molar-refractivity contribution in [3.8, 4) is 0 Å². The first-order valence-corrected chi connectivity index (χ1v) is 7.28. The molecule has 0 aliphatic carbocycles. The molecule has 0 heterocycles. The molecular weight excluding hydrogens is 278 g/mol. The van der Waals surface area contributed by atoms with Crippen LogP contribution in [0.5, 0.6) is 0 Å². The van der Waals surface area contributed by atoms with Gasteiger partial charge in [-0.25, -0.2) is 0 Å². The lowest BCUT2D eigenvalue weighted by atomic mass is 10.0. The van der Waals surface area contributed by atoms with E-state index in [1.807, 2.05) is 36.4 Å². The Morgan fingerprint density at radius 2 is 1.59 bits per heavy atom. The average Bonchev–Trinajstić information content (AvgIpc) is 2.54. The van der Waals surface area contributed by atoms with E-state index in [1.165, 1.54) is 5.56 Å². The van der Waals surface area contributed by atoms with Crippen LogP contribution in [0.4, 0.5) is 0 Å². The number of benzene rings is 2. The van der Waals surface area contributed by atoms with Gasteiger partial charge in [0.05, 0.1) is 0 Å². The van der Waals surface area contributed by atoms with Crippen molar-refractivity contribution < 1.29 is 14.7 Å². The summed E-state index contributed by atoms with van der Waals surface area (Å²) in [4.78, 5) is 22.9. The van der Waals surface area contributed by atoms with Gasteiger partial charge in [0.15, 0.2) is 0 Å². The SMILES string of the molecule is O=C(O)CCc1ccccc1C(=O)NCCc1ccccc1. The number of aliphatic carboxylic acids is 1. The van der Waals surface area contributed by atoms with Crippen molar-refractivity contribution in [2.24, 2.45) is 0 Å². The summed E-state index contributed by atoms with van der Waals surface area (Å²) in [6, 6.07) is 17.1. The number of hydrogen-bond acceptors (Lipinski definition) is 2. The van der Waals surface area contributed by atoms with Crippen molar-refractivity contribution in [2.75, 3.05) is 6.54 Å². The Balaban J connectivity index is 1.93. The summed E-state index contributed by atoms with van der Waals surface area (Å²) < 4.78 is 0. The van der Waals surface area contributed by atoms with Gasteiger partial charge < -0.3 is 10.4 Å². The predicted molar refractivity (Wildman–Crippen MR) is 84.9 cm³/mol. The highest BCUT2D eigenvalue weighted by Crippen LogP contribution is 2.11. The number of carboxylic acid groups (broad SMARTS) is 1. The molecule has 0 bridgehead atoms. The minimum atomic E-state index is -0.862. The number of carboxylic acids is 1. The lowest BCUT2D eigenvalue weighted by molar-refractivity contribution is -0.136. The molecule has 0 saturated heterocycles. The molecule has 1 amide bonds. The van der Waals surface area contributed by atoms with Gasteiger partial charge in [-0.15, -0.1) is 0 Å². The van der Waals surface area contributed by atoms with Crippen molar-refractivity contribution in [2.45, 2.75) is 19.3 Å². The maximum absolute atomic E-state index is 12.2. The Hall–Kier alpha value is -2.62. The summed E-state index contributed by atoms with van der Waals surface area (Å²) in [5.74, 6) is -1.02. The summed E-state index contributed by atoms with van der Waals surface area (Å²) >= 11 is 0. The lowest BCUT2D eigenvalue weighted by Crippen LogP contribution is -2.26. The monoisotopic (exact) mass is 297 g/mol. The van der Waals surface area contributed by atoms with E-state index in [2.05, 4.69) is 5.32 Å². The number of carbonyl (C=O) groups is 2. The molecule has 2 rings (SSSR count). The number of rotatable bonds is 7. The topological polar surface area (TPSA) is 66.4 Å². The largest absolute Gasteiger partial charge is 0.481 e. The van der Waals surface area contributed by atoms with Crippen LogP contribution >= 0.6 is 0 Å². The van der Waals surface area contributed by atoms with Crippen LogP contribution in [0.2, 0.25) is 0 Å². The van der Waals surface area contributed by atoms with E-state index in [1.54, 1.807) is 18.2 Å². The first kappa shape index (κ1) is 15.8. The standard InChI is InChI=1S/C18H19NO3/c20-17(21)11-10-15-8-4-5-9-16(15)18(22)19-13-12-14-6-2-1-3-7-14/h1-9H,10-13H2,(H,19,22)(H,20,21). The number of carbonyl (C=O) groups excluding carboxylic acids is 1. The third kappa shape index (κ3) is 4.74. The summed E-state index contributed by atoms with van der Waals surface area (Å²) in [7, 11) is 0. The fraction of sp³-hybridized carbons (Fsp3) is 0.222. The number of aryl methyl sites for hydroxylation is 1. The molecule has 22 heavy (non-hydrogen) atoms. The predicted octanol–water partition coefficient (Wildman–Crippen LogP) is 2.68. The fourth-order valence-electron chi connectivity index (χ4n) is 2.26. The smallest absolute Gasteiger partial charge is 0.303 e. The lowest BCUT2D eigenvalue weighted by Gasteiger charge is -2.09. The van der Waals surface area contributed by atoms with E-state index in [9.17, 15) is 9.59 Å². The molecule has 0 saturated carbocycles. The van der Waals surface area contributed by atoms with Crippen LogP contribution in [-0.4, -0.2) is 23.5 Å². The van der Waals surface area contributed by atoms with E-state index in [4.69, 9.17) is 5.11 Å². The highest BCUT2D eigenvalue weighted by molar-refractivity contribution is 5.95. The molecule has 2 N–H and O–H groups in total. The minimum absolute atomic E-state index is 0.0221. The highest BCUT2D eigenvalue weighted by atomic mass is 16.4. The molecule has 0 atom stereocenters. The maximum atomic E-state index is 12.2. The van der Waals surface area contributed by atoms with Crippen LogP contribution in [0.25, 0.3) is 0 Å². The molecule has 0 radical (unpaired) electrons. The molecule has 0 aromatic heterocycles. The Bertz CT molecular complexity index is 638. The van der Waals surface area contributed by atoms with E-state index in [-0.39, 0.29) is 12.3 Å². The Morgan fingerprint density at radius 1 is 0.909 bits per heavy atom. The van der Waals surface area contributed by atoms with Crippen molar-refractivity contribution in [3.05, 3.63) is 71.3 Å². The highest BCUT2D eigenvalue weighted by Gasteiger charge is 2.11. The number of amides is 1. The Morgan fingerprint density at radius 3 is 2.32 bits per heavy atom. The second-order valence-corrected chi connectivity index (χ2v) is 5.04. The maximum Gasteiger partial charge on any atom is 0.303 e. The van der Waals surface area contributed by atoms with Gasteiger partial charge in [-0.3, -0.25) is 9.59 Å². The number of nitrogens with one attached hydrogen (secondary N) is 1. The van der Waals surface area contributed by atoms with Gasteiger partial charge in [-0.2, -0.15) is 0 Å². The van der Waals surface area contributed by atoms with Gasteiger partial charge in [0, 0.05) is 18.5 Å². The van der Waals surface area contributed by atoms with Crippen LogP contribution in [-0.2, 0) is 17.6 Å². The van der Waals surface area contributed by atoms with Gasteiger partial charge >= 0.3 is 5.97 Å². The molecular formula is C18H19NO3. The van der Waals surface area contributed by atoms with Crippen molar-refractivity contribution in [1.29, 1.82) is 0 Å². The molecule has 0 aliphatic rings. The van der Waals surface area contributed by atoms with Crippen LogP contribution in [0.3, 0.4) is 0 Å². The third-order valence-corrected chi connectivity index (χ3v) is 3.41. The van der Waals surface area contributed by atoms with Crippen molar-refractivity contribution in [3.63, 3.8) is 0 Å². The first-order valence-electron chi connectivity index (χ1n) is 7.28. The van der Waals surface area contributed by atoms with E-state index in [0.717, 1.165) is 12.0 Å². The fourth-order valence-corrected chi connectivity index (χ4v) is 2.26. The molecule has 2 aromatic carbocycles. The molecule has 4 heteroatoms. The van der Waals surface area contributed by atoms with Gasteiger partial charge in [0.25, 0.3) is 5.91 Å². The van der Waals surface area contributed by atoms with E-state index < -0.39 is 5.97 Å². The Kier molecular flexibility index (Phi) is 5.72. The zero-order valence-corrected chi connectivity index (χ0v) is 12.3. The van der Waals surface area contributed by atoms with Gasteiger partial charge in [0.2, 0.25) is 0 Å². The quantitative estimate of drug-likeness (QED) is 0.825. The second kappa shape index (κ2) is 7.98. The minimum Gasteiger partial charge on any atom is -0.481 e. The molecule has 114 valence electrons. The summed E-state index contributed by atoms with van der Waals surface area (Å²) in [5.41, 5.74) is 2.49. The van der Waals surface area contributed by atoms with Crippen molar-refractivity contribution >= 4 is 11.9 Å². The average molecular weight is 297 g/mol. The first-order chi connectivity index (χ1) is 10.7. The zero-order chi connectivity index (χ0) is 15.8. The second-order valence-electron chi connectivity index (χ2n) is 5.04. The van der Waals surface area contributed by atoms with Crippen LogP contribution in [0.15, 0.2) is 54.6 Å². The molecule has 0 spiro atoms. The normalized spacial score (nSPS) is 10.2. The molecule has 0 fully saturated rings. The summed E-state index contributed by atoms with van der Waals surface area (Å²) in [6.45, 7) is 0.552. The zero-order valence-electron chi connectivity index (χ0n) is 12.3. The molecule has 0 aliphatic heterocycles. The van der Waals surface area contributed by atoms with Gasteiger partial charge in [0.1, 0.15) is 0 Å². The number of hydrogen-bond donors (Lipinski definition) is 2. The molecule has 0 unspecified atom stereocenters. The van der Waals surface area contributed by atoms with Crippen molar-refractivity contribution in [1.82, 2.24) is 5.32 Å². The van der Waals surface area contributed by atoms with Gasteiger partial charge in [-0.05, 0) is 30.0 Å². The van der Waals surface area contributed by atoms with Crippen LogP contribution in [0.1, 0.15) is 27.9 Å². The Labute approximate surface area is 129 Å². The van der Waals surface area contributed by atoms with Crippen LogP contribution in [0, 0.1) is 0 Å². The molecule has 4 nitrogen and oxygen atoms in total. The van der Waals surface area contributed by atoms with Crippen LogP contribution < -0.4 is 5.32 Å².